The fourth-order valence-electron chi connectivity index (χ4n) is 4.14. The summed E-state index contributed by atoms with van der Waals surface area (Å²) in [5, 5.41) is 3.56. The molecule has 1 saturated heterocycles. The molecule has 0 radical (unpaired) electrons. The Morgan fingerprint density at radius 3 is 2.55 bits per heavy atom. The summed E-state index contributed by atoms with van der Waals surface area (Å²) in [7, 11) is 0. The van der Waals surface area contributed by atoms with Gasteiger partial charge in [-0.1, -0.05) is 51.1 Å². The van der Waals surface area contributed by atoms with Crippen LogP contribution < -0.4 is 10.8 Å². The molecule has 6 nitrogen and oxygen atoms in total. The van der Waals surface area contributed by atoms with Gasteiger partial charge in [0.2, 0.25) is 5.91 Å². The largest absolute Gasteiger partial charge is 0.370 e. The van der Waals surface area contributed by atoms with E-state index >= 15 is 0 Å². The number of piperidine rings is 1. The summed E-state index contributed by atoms with van der Waals surface area (Å²) in [5.74, 6) is 0.805. The van der Waals surface area contributed by atoms with Crippen molar-refractivity contribution < 1.29 is 9.63 Å². The van der Waals surface area contributed by atoms with Gasteiger partial charge < -0.3 is 15.1 Å². The van der Waals surface area contributed by atoms with E-state index in [0.29, 0.717) is 18.7 Å². The molecule has 2 N–H and O–H groups in total. The van der Waals surface area contributed by atoms with Crippen molar-refractivity contribution in [1.82, 2.24) is 20.6 Å². The van der Waals surface area contributed by atoms with Gasteiger partial charge in [-0.3, -0.25) is 9.63 Å². The lowest BCUT2D eigenvalue weighted by Gasteiger charge is -2.40. The van der Waals surface area contributed by atoms with Crippen LogP contribution in [0.4, 0.5) is 0 Å². The van der Waals surface area contributed by atoms with Gasteiger partial charge in [0.05, 0.1) is 6.61 Å². The molecule has 0 spiro atoms. The molecule has 0 aromatic heterocycles. The number of allylic oxidation sites excluding steroid dienone is 1. The Bertz CT molecular complexity index is 691. The minimum Gasteiger partial charge on any atom is -0.370 e. The Morgan fingerprint density at radius 1 is 1.21 bits per heavy atom. The molecule has 2 aliphatic heterocycles. The second-order valence-corrected chi connectivity index (χ2v) is 9.14. The molecular formula is C23H36N4O2. The van der Waals surface area contributed by atoms with E-state index in [1.165, 1.54) is 5.70 Å². The van der Waals surface area contributed by atoms with Crippen LogP contribution in [-0.4, -0.2) is 48.1 Å². The third-order valence-corrected chi connectivity index (χ3v) is 5.81. The van der Waals surface area contributed by atoms with Gasteiger partial charge in [-0.25, -0.2) is 5.48 Å². The lowest BCUT2D eigenvalue weighted by molar-refractivity contribution is -0.141. The number of carbonyl (C=O) groups is 1. The monoisotopic (exact) mass is 400 g/mol. The smallest absolute Gasteiger partial charge is 0.227 e. The number of likely N-dealkylation sites (tertiary alicyclic amines) is 1. The summed E-state index contributed by atoms with van der Waals surface area (Å²) in [4.78, 5) is 22.6. The molecule has 2 aliphatic rings. The molecule has 0 aliphatic carbocycles. The highest BCUT2D eigenvalue weighted by molar-refractivity contribution is 5.81. The van der Waals surface area contributed by atoms with E-state index in [-0.39, 0.29) is 11.3 Å². The maximum Gasteiger partial charge on any atom is 0.227 e. The lowest BCUT2D eigenvalue weighted by atomic mass is 9.89. The van der Waals surface area contributed by atoms with Crippen molar-refractivity contribution in [2.24, 2.45) is 11.3 Å². The Labute approximate surface area is 175 Å². The Balaban J connectivity index is 1.42. The first-order valence-corrected chi connectivity index (χ1v) is 10.7. The first kappa shape index (κ1) is 21.7. The molecule has 6 heteroatoms. The van der Waals surface area contributed by atoms with Gasteiger partial charge in [0.25, 0.3) is 0 Å². The van der Waals surface area contributed by atoms with Gasteiger partial charge in [0.15, 0.2) is 0 Å². The Morgan fingerprint density at radius 2 is 1.90 bits per heavy atom. The van der Waals surface area contributed by atoms with E-state index in [4.69, 9.17) is 4.84 Å². The number of benzene rings is 1. The summed E-state index contributed by atoms with van der Waals surface area (Å²) >= 11 is 0. The second kappa shape index (κ2) is 9.63. The highest BCUT2D eigenvalue weighted by Gasteiger charge is 2.36. The molecule has 1 unspecified atom stereocenters. The first-order chi connectivity index (χ1) is 13.9. The maximum absolute atomic E-state index is 12.5. The third kappa shape index (κ3) is 5.73. The number of hydrogen-bond donors (Lipinski definition) is 2. The molecule has 2 heterocycles. The van der Waals surface area contributed by atoms with Crippen LogP contribution in [-0.2, 0) is 16.2 Å². The Hall–Kier alpha value is -2.05. The predicted octanol–water partition coefficient (Wildman–Crippen LogP) is 3.09. The standard InChI is InChI=1S/C23H36N4O2/c1-18-16-24-21(20-10-13-26(14-11-20)22(28)23(2,3)4)27(18)15-12-25-29-17-19-8-6-5-7-9-19/h5-9,16,20-21,24-25H,10-15,17H2,1-4H3. The van der Waals surface area contributed by atoms with E-state index in [0.717, 1.165) is 44.6 Å². The van der Waals surface area contributed by atoms with E-state index in [9.17, 15) is 4.79 Å². The average Bonchev–Trinajstić information content (AvgIpc) is 3.08. The van der Waals surface area contributed by atoms with Gasteiger partial charge in [-0.05, 0) is 25.3 Å². The van der Waals surface area contributed by atoms with Crippen LogP contribution >= 0.6 is 0 Å². The molecule has 1 amide bonds. The summed E-state index contributed by atoms with van der Waals surface area (Å²) in [6.07, 6.45) is 4.49. The average molecular weight is 401 g/mol. The van der Waals surface area contributed by atoms with Gasteiger partial charge >= 0.3 is 0 Å². The van der Waals surface area contributed by atoms with E-state index in [2.05, 4.69) is 41.0 Å². The molecule has 0 saturated carbocycles. The van der Waals surface area contributed by atoms with Crippen molar-refractivity contribution in [3.63, 3.8) is 0 Å². The van der Waals surface area contributed by atoms with Crippen molar-refractivity contribution in [3.8, 4) is 0 Å². The zero-order valence-corrected chi connectivity index (χ0v) is 18.3. The van der Waals surface area contributed by atoms with Gasteiger partial charge in [-0.2, -0.15) is 0 Å². The second-order valence-electron chi connectivity index (χ2n) is 9.14. The van der Waals surface area contributed by atoms with E-state index in [1.54, 1.807) is 0 Å². The van der Waals surface area contributed by atoms with E-state index in [1.807, 2.05) is 43.9 Å². The topological polar surface area (TPSA) is 56.8 Å². The molecule has 1 fully saturated rings. The molecule has 1 atom stereocenters. The van der Waals surface area contributed by atoms with Gasteiger partial charge in [0.1, 0.15) is 6.17 Å². The van der Waals surface area contributed by atoms with Crippen molar-refractivity contribution in [2.75, 3.05) is 26.2 Å². The number of nitrogens with zero attached hydrogens (tertiary/aromatic N) is 2. The minimum absolute atomic E-state index is 0.265. The first-order valence-electron chi connectivity index (χ1n) is 10.7. The third-order valence-electron chi connectivity index (χ3n) is 5.81. The fourth-order valence-corrected chi connectivity index (χ4v) is 4.14. The molecule has 3 rings (SSSR count). The van der Waals surface area contributed by atoms with Crippen LogP contribution in [0.25, 0.3) is 0 Å². The van der Waals surface area contributed by atoms with Gasteiger partial charge in [-0.15, -0.1) is 0 Å². The zero-order valence-electron chi connectivity index (χ0n) is 18.3. The highest BCUT2D eigenvalue weighted by atomic mass is 16.6. The highest BCUT2D eigenvalue weighted by Crippen LogP contribution is 2.29. The molecule has 1 aromatic rings. The van der Waals surface area contributed by atoms with Crippen molar-refractivity contribution in [2.45, 2.75) is 53.3 Å². The summed E-state index contributed by atoms with van der Waals surface area (Å²) < 4.78 is 0. The quantitative estimate of drug-likeness (QED) is 0.544. The van der Waals surface area contributed by atoms with Gasteiger partial charge in [0, 0.05) is 49.4 Å². The van der Waals surface area contributed by atoms with Crippen LogP contribution in [0.15, 0.2) is 42.2 Å². The summed E-state index contributed by atoms with van der Waals surface area (Å²) in [6.45, 7) is 12.1. The van der Waals surface area contributed by atoms with Crippen LogP contribution in [0.5, 0.6) is 0 Å². The number of rotatable bonds is 7. The molecule has 1 aromatic carbocycles. The number of carbonyl (C=O) groups excluding carboxylic acids is 1. The number of nitrogens with one attached hydrogen (secondary N) is 2. The molecule has 0 bridgehead atoms. The maximum atomic E-state index is 12.5. The van der Waals surface area contributed by atoms with Crippen LogP contribution in [0.2, 0.25) is 0 Å². The summed E-state index contributed by atoms with van der Waals surface area (Å²) in [5.41, 5.74) is 5.21. The zero-order chi connectivity index (χ0) is 20.9. The number of hydrogen-bond acceptors (Lipinski definition) is 5. The molecule has 160 valence electrons. The SMILES string of the molecule is CC1=CNC(C2CCN(C(=O)C(C)(C)C)CC2)N1CCNOCc1ccccc1. The van der Waals surface area contributed by atoms with Crippen molar-refractivity contribution in [3.05, 3.63) is 47.8 Å². The van der Waals surface area contributed by atoms with Crippen LogP contribution in [0.1, 0.15) is 46.1 Å². The normalized spacial score (nSPS) is 20.6. The van der Waals surface area contributed by atoms with Crippen LogP contribution in [0, 0.1) is 11.3 Å². The number of hydroxylamine groups is 1. The fraction of sp³-hybridized carbons (Fsp3) is 0.609. The summed E-state index contributed by atoms with van der Waals surface area (Å²) in [6, 6.07) is 10.2. The number of amides is 1. The predicted molar refractivity (Wildman–Crippen MR) is 115 cm³/mol. The lowest BCUT2D eigenvalue weighted by Crippen LogP contribution is -2.51. The Kier molecular flexibility index (Phi) is 7.19. The molecular weight excluding hydrogens is 364 g/mol. The molecule has 29 heavy (non-hydrogen) atoms. The minimum atomic E-state index is -0.298. The van der Waals surface area contributed by atoms with Crippen molar-refractivity contribution >= 4 is 5.91 Å². The van der Waals surface area contributed by atoms with Crippen molar-refractivity contribution in [1.29, 1.82) is 0 Å². The van der Waals surface area contributed by atoms with E-state index < -0.39 is 0 Å². The van der Waals surface area contributed by atoms with Crippen LogP contribution in [0.3, 0.4) is 0 Å².